The summed E-state index contributed by atoms with van der Waals surface area (Å²) in [6, 6.07) is 9.73. The molecule has 8 heteroatoms. The molecule has 4 rings (SSSR count). The molecule has 0 spiro atoms. The Hall–Kier alpha value is -3.16. The molecule has 1 aromatic heterocycles. The van der Waals surface area contributed by atoms with E-state index < -0.39 is 0 Å². The standard InChI is InChI=1S/C20H25N7O/c1-21-19(26-11-13-27(14-12-26)20-22-8-4-9-23-20)24-10-7-16-15-5-2-3-6-17(15)25-18(16)28/h2-6,8-9,16H,7,10-14H2,1H3,(H,21,24)(H,25,28). The normalized spacial score (nSPS) is 19.4. The van der Waals surface area contributed by atoms with Gasteiger partial charge in [-0.2, -0.15) is 0 Å². The Kier molecular flexibility index (Phi) is 5.36. The Morgan fingerprint density at radius 2 is 1.93 bits per heavy atom. The van der Waals surface area contributed by atoms with E-state index in [9.17, 15) is 4.79 Å². The van der Waals surface area contributed by atoms with Gasteiger partial charge in [0.2, 0.25) is 11.9 Å². The number of hydrogen-bond acceptors (Lipinski definition) is 5. The van der Waals surface area contributed by atoms with Gasteiger partial charge in [-0.25, -0.2) is 9.97 Å². The van der Waals surface area contributed by atoms with Crippen LogP contribution in [0.15, 0.2) is 47.7 Å². The second kappa shape index (κ2) is 8.24. The number of amides is 1. The first kappa shape index (κ1) is 18.2. The fourth-order valence-corrected chi connectivity index (χ4v) is 3.80. The van der Waals surface area contributed by atoms with Gasteiger partial charge in [0, 0.05) is 57.9 Å². The predicted molar refractivity (Wildman–Crippen MR) is 110 cm³/mol. The van der Waals surface area contributed by atoms with Crippen molar-refractivity contribution in [3.05, 3.63) is 48.3 Å². The molecule has 1 atom stereocenters. The van der Waals surface area contributed by atoms with Gasteiger partial charge in [0.05, 0.1) is 5.92 Å². The molecule has 146 valence electrons. The summed E-state index contributed by atoms with van der Waals surface area (Å²) in [6.45, 7) is 4.10. The van der Waals surface area contributed by atoms with E-state index in [1.807, 2.05) is 30.3 Å². The Bertz CT molecular complexity index is 847. The SMILES string of the molecule is CN=C(NCCC1C(=O)Nc2ccccc21)N1CCN(c2ncccn2)CC1. The van der Waals surface area contributed by atoms with Crippen LogP contribution in [0.25, 0.3) is 0 Å². The zero-order valence-corrected chi connectivity index (χ0v) is 16.0. The second-order valence-corrected chi connectivity index (χ2v) is 6.91. The molecule has 0 saturated carbocycles. The van der Waals surface area contributed by atoms with E-state index in [2.05, 4.69) is 35.4 Å². The molecule has 1 amide bonds. The zero-order chi connectivity index (χ0) is 19.3. The summed E-state index contributed by atoms with van der Waals surface area (Å²) < 4.78 is 0. The van der Waals surface area contributed by atoms with E-state index in [0.29, 0.717) is 6.54 Å². The molecule has 2 aliphatic heterocycles. The van der Waals surface area contributed by atoms with Gasteiger partial charge in [0.1, 0.15) is 0 Å². The van der Waals surface area contributed by atoms with Crippen LogP contribution < -0.4 is 15.5 Å². The highest BCUT2D eigenvalue weighted by atomic mass is 16.2. The molecule has 2 N–H and O–H groups in total. The number of nitrogens with one attached hydrogen (secondary N) is 2. The number of aliphatic imine (C=N–C) groups is 1. The molecule has 8 nitrogen and oxygen atoms in total. The number of carbonyl (C=O) groups is 1. The van der Waals surface area contributed by atoms with Gasteiger partial charge in [-0.3, -0.25) is 9.79 Å². The van der Waals surface area contributed by atoms with E-state index in [1.54, 1.807) is 19.4 Å². The molecule has 1 aromatic carbocycles. The van der Waals surface area contributed by atoms with Crippen LogP contribution in [0.5, 0.6) is 0 Å². The third-order valence-electron chi connectivity index (χ3n) is 5.25. The van der Waals surface area contributed by atoms with E-state index in [4.69, 9.17) is 0 Å². The van der Waals surface area contributed by atoms with Crippen LogP contribution in [0.3, 0.4) is 0 Å². The number of benzene rings is 1. The topological polar surface area (TPSA) is 85.8 Å². The summed E-state index contributed by atoms with van der Waals surface area (Å²) in [7, 11) is 1.80. The number of fused-ring (bicyclic) bond motifs is 1. The van der Waals surface area contributed by atoms with Gasteiger partial charge < -0.3 is 20.4 Å². The average molecular weight is 379 g/mol. The van der Waals surface area contributed by atoms with Crippen molar-refractivity contribution in [2.45, 2.75) is 12.3 Å². The first-order valence-electron chi connectivity index (χ1n) is 9.63. The number of guanidine groups is 1. The highest BCUT2D eigenvalue weighted by Gasteiger charge is 2.29. The molecule has 2 aliphatic rings. The van der Waals surface area contributed by atoms with Crippen LogP contribution in [0.1, 0.15) is 17.9 Å². The van der Waals surface area contributed by atoms with E-state index in [0.717, 1.165) is 55.8 Å². The maximum atomic E-state index is 12.3. The van der Waals surface area contributed by atoms with Crippen LogP contribution in [-0.2, 0) is 4.79 Å². The summed E-state index contributed by atoms with van der Waals surface area (Å²) in [5.41, 5.74) is 2.02. The number of piperazine rings is 1. The number of para-hydroxylation sites is 1. The van der Waals surface area contributed by atoms with Crippen molar-refractivity contribution in [1.82, 2.24) is 20.2 Å². The van der Waals surface area contributed by atoms with Gasteiger partial charge >= 0.3 is 0 Å². The Balaban J connectivity index is 1.29. The zero-order valence-electron chi connectivity index (χ0n) is 16.0. The van der Waals surface area contributed by atoms with E-state index >= 15 is 0 Å². The maximum absolute atomic E-state index is 12.3. The van der Waals surface area contributed by atoms with Crippen molar-refractivity contribution in [3.63, 3.8) is 0 Å². The van der Waals surface area contributed by atoms with Crippen LogP contribution in [0.4, 0.5) is 11.6 Å². The van der Waals surface area contributed by atoms with E-state index in [1.165, 1.54) is 0 Å². The summed E-state index contributed by atoms with van der Waals surface area (Å²) in [6.07, 6.45) is 4.28. The summed E-state index contributed by atoms with van der Waals surface area (Å²) in [5, 5.41) is 6.38. The lowest BCUT2D eigenvalue weighted by atomic mass is 9.97. The fraction of sp³-hybridized carbons (Fsp3) is 0.400. The molecule has 28 heavy (non-hydrogen) atoms. The van der Waals surface area contributed by atoms with Crippen molar-refractivity contribution in [3.8, 4) is 0 Å². The molecule has 1 saturated heterocycles. The number of rotatable bonds is 4. The predicted octanol–water partition coefficient (Wildman–Crippen LogP) is 1.30. The van der Waals surface area contributed by atoms with Crippen molar-refractivity contribution in [2.24, 2.45) is 4.99 Å². The largest absolute Gasteiger partial charge is 0.356 e. The number of hydrogen-bond donors (Lipinski definition) is 2. The van der Waals surface area contributed by atoms with Crippen molar-refractivity contribution < 1.29 is 4.79 Å². The van der Waals surface area contributed by atoms with Gasteiger partial charge in [-0.1, -0.05) is 18.2 Å². The minimum Gasteiger partial charge on any atom is -0.356 e. The molecule has 0 bridgehead atoms. The van der Waals surface area contributed by atoms with Gasteiger partial charge in [-0.05, 0) is 24.1 Å². The third kappa shape index (κ3) is 3.76. The van der Waals surface area contributed by atoms with Crippen LogP contribution >= 0.6 is 0 Å². The lowest BCUT2D eigenvalue weighted by Crippen LogP contribution is -2.53. The molecule has 1 fully saturated rings. The first-order valence-corrected chi connectivity index (χ1v) is 9.63. The summed E-state index contributed by atoms with van der Waals surface area (Å²) in [4.78, 5) is 29.7. The summed E-state index contributed by atoms with van der Waals surface area (Å²) >= 11 is 0. The first-order chi connectivity index (χ1) is 13.8. The number of carbonyl (C=O) groups excluding carboxylic acids is 1. The number of aromatic nitrogens is 2. The minimum atomic E-state index is -0.103. The molecular formula is C20H25N7O. The Morgan fingerprint density at radius 3 is 2.68 bits per heavy atom. The fourth-order valence-electron chi connectivity index (χ4n) is 3.80. The monoisotopic (exact) mass is 379 g/mol. The smallest absolute Gasteiger partial charge is 0.232 e. The maximum Gasteiger partial charge on any atom is 0.232 e. The molecular weight excluding hydrogens is 354 g/mol. The lowest BCUT2D eigenvalue weighted by molar-refractivity contribution is -0.117. The molecule has 0 aliphatic carbocycles. The van der Waals surface area contributed by atoms with Crippen molar-refractivity contribution >= 4 is 23.5 Å². The van der Waals surface area contributed by atoms with E-state index in [-0.39, 0.29) is 11.8 Å². The van der Waals surface area contributed by atoms with Gasteiger partial charge in [-0.15, -0.1) is 0 Å². The highest BCUT2D eigenvalue weighted by molar-refractivity contribution is 6.02. The number of nitrogens with zero attached hydrogens (tertiary/aromatic N) is 5. The lowest BCUT2D eigenvalue weighted by Gasteiger charge is -2.36. The third-order valence-corrected chi connectivity index (χ3v) is 5.25. The van der Waals surface area contributed by atoms with Gasteiger partial charge in [0.15, 0.2) is 5.96 Å². The molecule has 0 radical (unpaired) electrons. The molecule has 1 unspecified atom stereocenters. The van der Waals surface area contributed by atoms with Crippen LogP contribution in [0.2, 0.25) is 0 Å². The van der Waals surface area contributed by atoms with Crippen molar-refractivity contribution in [2.75, 3.05) is 50.0 Å². The Morgan fingerprint density at radius 1 is 1.18 bits per heavy atom. The van der Waals surface area contributed by atoms with Crippen LogP contribution in [0, 0.1) is 0 Å². The number of anilines is 2. The second-order valence-electron chi connectivity index (χ2n) is 6.91. The highest BCUT2D eigenvalue weighted by Crippen LogP contribution is 2.33. The summed E-state index contributed by atoms with van der Waals surface area (Å²) in [5.74, 6) is 1.62. The molecule has 3 heterocycles. The van der Waals surface area contributed by atoms with Crippen LogP contribution in [-0.4, -0.2) is 66.5 Å². The minimum absolute atomic E-state index is 0.0782. The van der Waals surface area contributed by atoms with Gasteiger partial charge in [0.25, 0.3) is 0 Å². The molecule has 2 aromatic rings. The quantitative estimate of drug-likeness (QED) is 0.615. The van der Waals surface area contributed by atoms with Crippen molar-refractivity contribution in [1.29, 1.82) is 0 Å². The average Bonchev–Trinajstić information content (AvgIpc) is 3.07. The Labute approximate surface area is 164 Å².